The van der Waals surface area contributed by atoms with Crippen LogP contribution in [0.15, 0.2) is 22.6 Å². The van der Waals surface area contributed by atoms with Gasteiger partial charge < -0.3 is 14.8 Å². The number of carbonyl (C=O) groups excluding carboxylic acids is 1. The molecule has 0 fully saturated rings. The molecule has 1 heterocycles. The molecule has 0 atom stereocenters. The van der Waals surface area contributed by atoms with Crippen molar-refractivity contribution < 1.29 is 28.4 Å². The summed E-state index contributed by atoms with van der Waals surface area (Å²) in [6.07, 6.45) is 1.13. The van der Waals surface area contributed by atoms with Crippen molar-refractivity contribution in [1.82, 2.24) is 4.98 Å². The largest absolute Gasteiger partial charge is 0.489 e. The van der Waals surface area contributed by atoms with Crippen molar-refractivity contribution in [2.24, 2.45) is 5.10 Å². The van der Waals surface area contributed by atoms with E-state index in [1.165, 1.54) is 11.3 Å². The highest BCUT2D eigenvalue weighted by Gasteiger charge is 2.18. The molecule has 1 aromatic heterocycles. The molecular formula is C14H14BF2N3O4S. The Balaban J connectivity index is 2.05. The molecule has 132 valence electrons. The van der Waals surface area contributed by atoms with Crippen LogP contribution in [0.1, 0.15) is 18.2 Å². The lowest BCUT2D eigenvalue weighted by molar-refractivity contribution is -0.142. The molecule has 0 bridgehead atoms. The number of hydrogen-bond donors (Lipinski definition) is 3. The molecule has 11 heteroatoms. The van der Waals surface area contributed by atoms with E-state index in [9.17, 15) is 23.6 Å². The smallest absolute Gasteiger partial charge is 0.466 e. The molecule has 25 heavy (non-hydrogen) atoms. The van der Waals surface area contributed by atoms with Gasteiger partial charge in [-0.05, 0) is 30.1 Å². The van der Waals surface area contributed by atoms with Crippen LogP contribution in [0.2, 0.25) is 0 Å². The number of ether oxygens (including phenoxy) is 1. The van der Waals surface area contributed by atoms with Gasteiger partial charge in [0.25, 0.3) is 0 Å². The van der Waals surface area contributed by atoms with Crippen LogP contribution in [0.25, 0.3) is 0 Å². The molecule has 0 saturated carbocycles. The summed E-state index contributed by atoms with van der Waals surface area (Å²) in [5, 5.41) is 24.2. The van der Waals surface area contributed by atoms with Crippen LogP contribution in [-0.4, -0.2) is 40.9 Å². The summed E-state index contributed by atoms with van der Waals surface area (Å²) >= 11 is 1.18. The molecular weight excluding hydrogens is 355 g/mol. The summed E-state index contributed by atoms with van der Waals surface area (Å²) < 4.78 is 31.3. The number of hydrogen-bond acceptors (Lipinski definition) is 8. The second kappa shape index (κ2) is 8.65. The van der Waals surface area contributed by atoms with Crippen molar-refractivity contribution in [2.45, 2.75) is 13.3 Å². The van der Waals surface area contributed by atoms with E-state index in [1.807, 2.05) is 0 Å². The average Bonchev–Trinajstić information content (AvgIpc) is 2.97. The van der Waals surface area contributed by atoms with Gasteiger partial charge >= 0.3 is 13.1 Å². The van der Waals surface area contributed by atoms with Crippen molar-refractivity contribution in [3.05, 3.63) is 40.4 Å². The van der Waals surface area contributed by atoms with Crippen LogP contribution in [0.3, 0.4) is 0 Å². The molecule has 0 aliphatic carbocycles. The summed E-state index contributed by atoms with van der Waals surface area (Å²) in [6, 6.07) is 1.48. The van der Waals surface area contributed by atoms with Crippen molar-refractivity contribution in [1.29, 1.82) is 0 Å². The highest BCUT2D eigenvalue weighted by Crippen LogP contribution is 2.16. The van der Waals surface area contributed by atoms with Crippen LogP contribution >= 0.6 is 11.3 Å². The van der Waals surface area contributed by atoms with E-state index in [-0.39, 0.29) is 24.1 Å². The number of benzene rings is 1. The van der Waals surface area contributed by atoms with Crippen LogP contribution in [0.5, 0.6) is 0 Å². The first-order chi connectivity index (χ1) is 11.9. The number of anilines is 1. The quantitative estimate of drug-likeness (QED) is 0.287. The van der Waals surface area contributed by atoms with Crippen LogP contribution in [0.4, 0.5) is 13.9 Å². The van der Waals surface area contributed by atoms with Gasteiger partial charge in [-0.2, -0.15) is 5.10 Å². The Morgan fingerprint density at radius 2 is 2.16 bits per heavy atom. The van der Waals surface area contributed by atoms with E-state index >= 15 is 0 Å². The Morgan fingerprint density at radius 1 is 1.44 bits per heavy atom. The standard InChI is InChI=1S/C14H14BF2N3O4S/c1-2-24-13(21)4-9-7-25-14(19-9)20-18-6-8-3-11(16)12(17)5-10(8)15(22)23/h3,5-7,22-23H,2,4H2,1H3,(H,19,20). The first-order valence-electron chi connectivity index (χ1n) is 7.15. The third-order valence-corrected chi connectivity index (χ3v) is 3.75. The number of rotatable bonds is 7. The number of esters is 1. The summed E-state index contributed by atoms with van der Waals surface area (Å²) in [7, 11) is -1.98. The lowest BCUT2D eigenvalue weighted by atomic mass is 9.77. The van der Waals surface area contributed by atoms with Gasteiger partial charge in [-0.25, -0.2) is 13.8 Å². The third kappa shape index (κ3) is 5.31. The van der Waals surface area contributed by atoms with Gasteiger partial charge in [0.05, 0.1) is 24.9 Å². The van der Waals surface area contributed by atoms with Crippen molar-refractivity contribution in [3.8, 4) is 0 Å². The number of thiazole rings is 1. The van der Waals surface area contributed by atoms with Crippen molar-refractivity contribution >= 4 is 41.2 Å². The maximum Gasteiger partial charge on any atom is 0.489 e. The minimum absolute atomic E-state index is 0.00953. The van der Waals surface area contributed by atoms with E-state index in [4.69, 9.17) is 4.74 Å². The molecule has 1 aromatic carbocycles. The number of nitrogens with one attached hydrogen (secondary N) is 1. The van der Waals surface area contributed by atoms with Crippen molar-refractivity contribution in [3.63, 3.8) is 0 Å². The zero-order valence-electron chi connectivity index (χ0n) is 13.1. The monoisotopic (exact) mass is 369 g/mol. The minimum Gasteiger partial charge on any atom is -0.466 e. The fraction of sp³-hybridized carbons (Fsp3) is 0.214. The van der Waals surface area contributed by atoms with Crippen LogP contribution in [0, 0.1) is 11.6 Å². The maximum absolute atomic E-state index is 13.3. The maximum atomic E-state index is 13.3. The lowest BCUT2D eigenvalue weighted by Gasteiger charge is -2.05. The summed E-state index contributed by atoms with van der Waals surface area (Å²) in [5.74, 6) is -2.74. The minimum atomic E-state index is -1.98. The number of hydrazone groups is 1. The predicted octanol–water partition coefficient (Wildman–Crippen LogP) is 0.653. The molecule has 3 N–H and O–H groups in total. The summed E-state index contributed by atoms with van der Waals surface area (Å²) in [4.78, 5) is 15.5. The lowest BCUT2D eigenvalue weighted by Crippen LogP contribution is -2.33. The highest BCUT2D eigenvalue weighted by atomic mass is 32.1. The van der Waals surface area contributed by atoms with Gasteiger partial charge in [-0.15, -0.1) is 11.3 Å². The molecule has 0 aliphatic heterocycles. The zero-order valence-corrected chi connectivity index (χ0v) is 13.9. The first-order valence-corrected chi connectivity index (χ1v) is 8.02. The molecule has 0 saturated heterocycles. The molecule has 7 nitrogen and oxygen atoms in total. The summed E-state index contributed by atoms with van der Waals surface area (Å²) in [6.45, 7) is 1.99. The number of nitrogens with zero attached hydrogens (tertiary/aromatic N) is 2. The van der Waals surface area contributed by atoms with Gasteiger partial charge in [0.2, 0.25) is 5.13 Å². The third-order valence-electron chi connectivity index (χ3n) is 2.95. The summed E-state index contributed by atoms with van der Waals surface area (Å²) in [5.41, 5.74) is 2.83. The molecule has 2 aromatic rings. The molecule has 0 spiro atoms. The highest BCUT2D eigenvalue weighted by molar-refractivity contribution is 7.13. The fourth-order valence-electron chi connectivity index (χ4n) is 1.87. The van der Waals surface area contributed by atoms with Gasteiger partial charge in [-0.3, -0.25) is 10.2 Å². The topological polar surface area (TPSA) is 104 Å². The Labute approximate surface area is 146 Å². The van der Waals surface area contributed by atoms with Gasteiger partial charge in [0, 0.05) is 5.38 Å². The van der Waals surface area contributed by atoms with Crippen molar-refractivity contribution in [2.75, 3.05) is 12.0 Å². The van der Waals surface area contributed by atoms with Gasteiger partial charge in [0.15, 0.2) is 11.6 Å². The molecule has 0 radical (unpaired) electrons. The van der Waals surface area contributed by atoms with Crippen LogP contribution < -0.4 is 10.9 Å². The van der Waals surface area contributed by atoms with E-state index in [0.717, 1.165) is 12.3 Å². The Hall–Kier alpha value is -2.37. The number of carbonyl (C=O) groups is 1. The zero-order chi connectivity index (χ0) is 18.4. The Kier molecular flexibility index (Phi) is 6.56. The molecule has 0 amide bonds. The fourth-order valence-corrected chi connectivity index (χ4v) is 2.53. The normalized spacial score (nSPS) is 10.9. The van der Waals surface area contributed by atoms with Gasteiger partial charge in [-0.1, -0.05) is 0 Å². The van der Waals surface area contributed by atoms with E-state index < -0.39 is 24.7 Å². The van der Waals surface area contributed by atoms with E-state index in [2.05, 4.69) is 15.5 Å². The Bertz CT molecular complexity index is 785. The predicted molar refractivity (Wildman–Crippen MR) is 89.9 cm³/mol. The van der Waals surface area contributed by atoms with E-state index in [0.29, 0.717) is 16.9 Å². The van der Waals surface area contributed by atoms with Gasteiger partial charge in [0.1, 0.15) is 0 Å². The van der Waals surface area contributed by atoms with Crippen LogP contribution in [-0.2, 0) is 16.0 Å². The second-order valence-corrected chi connectivity index (χ2v) is 5.62. The first kappa shape index (κ1) is 19.0. The molecule has 0 aliphatic rings. The average molecular weight is 369 g/mol. The number of aromatic nitrogens is 1. The van der Waals surface area contributed by atoms with E-state index in [1.54, 1.807) is 12.3 Å². The SMILES string of the molecule is CCOC(=O)Cc1csc(NN=Cc2cc(F)c(F)cc2B(O)O)n1. The second-order valence-electron chi connectivity index (χ2n) is 4.76. The molecule has 2 rings (SSSR count). The molecule has 0 unspecified atom stereocenters. The Morgan fingerprint density at radius 3 is 2.84 bits per heavy atom. The number of halogens is 2.